The van der Waals surface area contributed by atoms with Crippen molar-refractivity contribution in [1.82, 2.24) is 0 Å². The Morgan fingerprint density at radius 2 is 1.52 bits per heavy atom. The average molecular weight is 496 g/mol. The van der Waals surface area contributed by atoms with E-state index in [1.807, 2.05) is 34.1 Å². The molecule has 0 bridgehead atoms. The van der Waals surface area contributed by atoms with Gasteiger partial charge in [0, 0.05) is 0 Å². The number of carboxylic acids is 1. The van der Waals surface area contributed by atoms with E-state index >= 15 is 0 Å². The fourth-order valence-corrected chi connectivity index (χ4v) is 4.34. The van der Waals surface area contributed by atoms with Gasteiger partial charge in [-0.3, -0.25) is 9.36 Å². The summed E-state index contributed by atoms with van der Waals surface area (Å²) in [4.78, 5) is 11.1. The molecule has 0 rings (SSSR count). The van der Waals surface area contributed by atoms with Gasteiger partial charge in [0.2, 0.25) is 0 Å². The highest BCUT2D eigenvalue weighted by molar-refractivity contribution is 7.33. The van der Waals surface area contributed by atoms with Gasteiger partial charge >= 0.3 is 14.2 Å². The molecular weight excluding hydrogens is 445 g/mol. The van der Waals surface area contributed by atoms with Crippen molar-refractivity contribution in [3.8, 4) is 0 Å². The number of carboxylic acid groups (broad SMARTS) is 1. The highest BCUT2D eigenvalue weighted by Gasteiger charge is 2.24. The van der Waals surface area contributed by atoms with Crippen LogP contribution < -0.4 is 0 Å². The van der Waals surface area contributed by atoms with E-state index < -0.39 is 20.3 Å². The van der Waals surface area contributed by atoms with Gasteiger partial charge in [0.05, 0.1) is 40.4 Å². The Balaban J connectivity index is 0. The minimum absolute atomic E-state index is 0. The minimum atomic E-state index is -2.80. The quantitative estimate of drug-likeness (QED) is 0.0847. The van der Waals surface area contributed by atoms with Gasteiger partial charge in [-0.1, -0.05) is 70.8 Å². The van der Waals surface area contributed by atoms with Crippen LogP contribution in [-0.4, -0.2) is 67.5 Å². The highest BCUT2D eigenvalue weighted by Crippen LogP contribution is 2.29. The molecule has 8 nitrogen and oxygen atoms in total. The molecule has 2 N–H and O–H groups in total. The third-order valence-electron chi connectivity index (χ3n) is 5.09. The molecule has 0 aromatic rings. The molecule has 0 heterocycles. The van der Waals surface area contributed by atoms with E-state index in [2.05, 4.69) is 6.92 Å². The number of hydrogen-bond donors (Lipinski definition) is 1. The number of aliphatic carboxylic acids is 1. The number of hydrogen-bond acceptors (Lipinski definition) is 6. The van der Waals surface area contributed by atoms with Crippen molar-refractivity contribution in [2.75, 3.05) is 34.3 Å². The maximum absolute atomic E-state index is 12.3. The Kier molecular flexibility index (Phi) is 22.4. The summed E-state index contributed by atoms with van der Waals surface area (Å²) in [6.45, 7) is 4.73. The number of carbonyl (C=O) groups is 1. The summed E-state index contributed by atoms with van der Waals surface area (Å²) < 4.78 is 29.4. The summed E-state index contributed by atoms with van der Waals surface area (Å²) >= 11 is 0. The summed E-state index contributed by atoms with van der Waals surface area (Å²) in [5, 5.41) is 9.09. The number of likely N-dealkylation sites (N-methyl/N-ethyl adjacent to an activating group) is 1. The summed E-state index contributed by atoms with van der Waals surface area (Å²) in [5.41, 5.74) is 0. The zero-order chi connectivity index (χ0) is 24.2. The lowest BCUT2D eigenvalue weighted by Gasteiger charge is -2.28. The van der Waals surface area contributed by atoms with Crippen molar-refractivity contribution in [1.29, 1.82) is 0 Å². The van der Waals surface area contributed by atoms with Crippen LogP contribution in [0.3, 0.4) is 0 Å². The second-order valence-corrected chi connectivity index (χ2v) is 10.6. The van der Waals surface area contributed by atoms with E-state index in [-0.39, 0.29) is 24.6 Å². The van der Waals surface area contributed by atoms with Crippen LogP contribution in [0.25, 0.3) is 0 Å². The van der Waals surface area contributed by atoms with Gasteiger partial charge in [-0.05, 0) is 19.8 Å². The van der Waals surface area contributed by atoms with Crippen molar-refractivity contribution in [2.45, 2.75) is 103 Å². The van der Waals surface area contributed by atoms with Crippen LogP contribution in [0.1, 0.15) is 90.9 Å². The number of quaternary nitrogens is 1. The molecule has 198 valence electrons. The topological polar surface area (TPSA) is 112 Å². The van der Waals surface area contributed by atoms with Crippen LogP contribution in [0.4, 0.5) is 0 Å². The molecule has 3 unspecified atom stereocenters. The van der Waals surface area contributed by atoms with Crippen LogP contribution in [0, 0.1) is 0 Å². The zero-order valence-corrected chi connectivity index (χ0v) is 22.6. The van der Waals surface area contributed by atoms with Gasteiger partial charge < -0.3 is 28.9 Å². The molecule has 0 saturated heterocycles. The lowest BCUT2D eigenvalue weighted by atomic mass is 10.0. The molecule has 0 aliphatic rings. The number of nitrogens with zero attached hydrogens (tertiary/aromatic N) is 1. The lowest BCUT2D eigenvalue weighted by Crippen LogP contribution is -2.42. The molecule has 0 radical (unpaired) electrons. The summed E-state index contributed by atoms with van der Waals surface area (Å²) in [6, 6.07) is 0. The molecular formula is C24H50NO7P. The Labute approximate surface area is 202 Å². The predicted octanol–water partition coefficient (Wildman–Crippen LogP) is 6.01. The Bertz CT molecular complexity index is 523. The van der Waals surface area contributed by atoms with E-state index in [0.717, 1.165) is 19.3 Å². The maximum Gasteiger partial charge on any atom is 0.319 e. The number of ether oxygens (including phenoxy) is 1. The van der Waals surface area contributed by atoms with E-state index in [1.165, 1.54) is 51.4 Å². The van der Waals surface area contributed by atoms with Crippen molar-refractivity contribution in [2.24, 2.45) is 0 Å². The lowest BCUT2D eigenvalue weighted by molar-refractivity contribution is -0.873. The van der Waals surface area contributed by atoms with Crippen molar-refractivity contribution in [3.05, 3.63) is 12.3 Å². The number of unbranched alkanes of at least 4 members (excludes halogenated alkanes) is 9. The molecule has 0 amide bonds. The zero-order valence-electron chi connectivity index (χ0n) is 21.6. The standard InChI is InChI=1S/C24H48NO6P.H2O/c1-6-8-9-10-11-12-13-14-15-16-17-22(29-18-7-2)21-30-32(28)31-23(19-24(26)27)20-25(3,4)5;/h7,18,22-23,32H,6,8-17,19-21H2,1-5H3;1H2. The van der Waals surface area contributed by atoms with Gasteiger partial charge in [-0.25, -0.2) is 0 Å². The molecule has 0 spiro atoms. The summed E-state index contributed by atoms with van der Waals surface area (Å²) in [5.74, 6) is -0.978. The molecule has 0 fully saturated rings. The first-order valence-electron chi connectivity index (χ1n) is 12.3. The second-order valence-electron chi connectivity index (χ2n) is 9.57. The third kappa shape index (κ3) is 24.0. The molecule has 0 aromatic heterocycles. The summed E-state index contributed by atoms with van der Waals surface area (Å²) in [6.07, 6.45) is 15.9. The number of rotatable bonds is 22. The maximum atomic E-state index is 12.3. The SMILES string of the molecule is CC=COC(CCCCCCCCCCCC)CO[PH](=O)OC(CC(=O)O)C[N+](C)(C)C.[OH-]. The van der Waals surface area contributed by atoms with Crippen LogP contribution in [0.5, 0.6) is 0 Å². The van der Waals surface area contributed by atoms with Crippen LogP contribution in [-0.2, 0) is 23.1 Å². The molecule has 0 aliphatic heterocycles. The highest BCUT2D eigenvalue weighted by atomic mass is 31.1. The van der Waals surface area contributed by atoms with Gasteiger partial charge in [-0.2, -0.15) is 0 Å². The van der Waals surface area contributed by atoms with E-state index in [0.29, 0.717) is 11.0 Å². The molecule has 9 heteroatoms. The van der Waals surface area contributed by atoms with Crippen molar-refractivity contribution < 1.29 is 38.2 Å². The first-order valence-corrected chi connectivity index (χ1v) is 13.5. The van der Waals surface area contributed by atoms with Crippen LogP contribution >= 0.6 is 8.25 Å². The average Bonchev–Trinajstić information content (AvgIpc) is 2.69. The molecule has 3 atom stereocenters. The van der Waals surface area contributed by atoms with Gasteiger partial charge in [0.25, 0.3) is 0 Å². The molecule has 0 aliphatic carbocycles. The van der Waals surface area contributed by atoms with Crippen LogP contribution in [0.15, 0.2) is 12.3 Å². The smallest absolute Gasteiger partial charge is 0.319 e. The van der Waals surface area contributed by atoms with E-state index in [9.17, 15) is 9.36 Å². The predicted molar refractivity (Wildman–Crippen MR) is 133 cm³/mol. The molecule has 0 aromatic carbocycles. The first kappa shape index (κ1) is 34.2. The first-order chi connectivity index (χ1) is 15.2. The molecule has 33 heavy (non-hydrogen) atoms. The van der Waals surface area contributed by atoms with Crippen molar-refractivity contribution >= 4 is 14.2 Å². The van der Waals surface area contributed by atoms with E-state index in [1.54, 1.807) is 6.26 Å². The van der Waals surface area contributed by atoms with Crippen LogP contribution in [0.2, 0.25) is 0 Å². The third-order valence-corrected chi connectivity index (χ3v) is 6.02. The fourth-order valence-electron chi connectivity index (χ4n) is 3.52. The van der Waals surface area contributed by atoms with Crippen molar-refractivity contribution in [3.63, 3.8) is 0 Å². The monoisotopic (exact) mass is 495 g/mol. The van der Waals surface area contributed by atoms with Gasteiger partial charge in [-0.15, -0.1) is 0 Å². The Morgan fingerprint density at radius 3 is 2.00 bits per heavy atom. The minimum Gasteiger partial charge on any atom is -0.870 e. The Hall–Kier alpha value is -0.920. The molecule has 0 saturated carbocycles. The normalized spacial score (nSPS) is 14.6. The van der Waals surface area contributed by atoms with Gasteiger partial charge in [0.1, 0.15) is 18.8 Å². The largest absolute Gasteiger partial charge is 0.870 e. The fraction of sp³-hybridized carbons (Fsp3) is 0.875. The second kappa shape index (κ2) is 21.6. The summed E-state index contributed by atoms with van der Waals surface area (Å²) in [7, 11) is 3.00. The van der Waals surface area contributed by atoms with Gasteiger partial charge in [0.15, 0.2) is 0 Å². The number of allylic oxidation sites excluding steroid dienone is 1. The Morgan fingerprint density at radius 1 is 0.970 bits per heavy atom. The van der Waals surface area contributed by atoms with E-state index in [4.69, 9.17) is 18.9 Å².